The van der Waals surface area contributed by atoms with Crippen LogP contribution in [-0.4, -0.2) is 19.5 Å². The Balaban J connectivity index is 1.31. The average molecular weight is 615 g/mol. The Morgan fingerprint density at radius 1 is 0.417 bits per heavy atom. The molecule has 0 unspecified atom stereocenters. The highest BCUT2D eigenvalue weighted by Crippen LogP contribution is 2.43. The molecule has 0 saturated heterocycles. The fourth-order valence-corrected chi connectivity index (χ4v) is 7.11. The minimum Gasteiger partial charge on any atom is -0.455 e. The third-order valence-corrected chi connectivity index (χ3v) is 9.24. The quantitative estimate of drug-likeness (QED) is 0.198. The fraction of sp³-hybridized carbons (Fsp3) is 0. The van der Waals surface area contributed by atoms with Crippen LogP contribution in [0.4, 0.5) is 0 Å². The number of aromatic nitrogens is 4. The Labute approximate surface area is 275 Å². The van der Waals surface area contributed by atoms with Crippen LogP contribution in [0.5, 0.6) is 0 Å². The van der Waals surface area contributed by atoms with Gasteiger partial charge in [0.1, 0.15) is 11.2 Å². The number of para-hydroxylation sites is 2. The normalized spacial score (nSPS) is 11.8. The third kappa shape index (κ3) is 4.01. The van der Waals surface area contributed by atoms with Crippen molar-refractivity contribution >= 4 is 54.5 Å². The summed E-state index contributed by atoms with van der Waals surface area (Å²) in [5, 5.41) is 6.53. The molecule has 10 aromatic rings. The lowest BCUT2D eigenvalue weighted by molar-refractivity contribution is 0.672. The SMILES string of the molecule is c1ccc(-c2nc(-c3ccccc3)nc(-c3cc4c(oc5cccc(-n6c7ccccc7c7ccccc76)c54)c4ccccc34)n2)cc1. The van der Waals surface area contributed by atoms with Crippen LogP contribution in [0.15, 0.2) is 162 Å². The van der Waals surface area contributed by atoms with Crippen LogP contribution in [0.1, 0.15) is 0 Å². The average Bonchev–Trinajstić information content (AvgIpc) is 3.71. The molecule has 0 aliphatic carbocycles. The van der Waals surface area contributed by atoms with E-state index in [1.165, 1.54) is 10.8 Å². The molecule has 0 aliphatic heterocycles. The largest absolute Gasteiger partial charge is 0.455 e. The zero-order valence-corrected chi connectivity index (χ0v) is 25.7. The summed E-state index contributed by atoms with van der Waals surface area (Å²) < 4.78 is 9.10. The maximum absolute atomic E-state index is 6.74. The molecule has 3 heterocycles. The number of furan rings is 1. The summed E-state index contributed by atoms with van der Waals surface area (Å²) >= 11 is 0. The highest BCUT2D eigenvalue weighted by molar-refractivity contribution is 6.21. The molecule has 0 amide bonds. The van der Waals surface area contributed by atoms with Crippen LogP contribution in [0, 0.1) is 0 Å². The van der Waals surface area contributed by atoms with Crippen molar-refractivity contribution in [2.75, 3.05) is 0 Å². The second kappa shape index (κ2) is 10.5. The van der Waals surface area contributed by atoms with Crippen LogP contribution in [0.25, 0.3) is 94.4 Å². The maximum Gasteiger partial charge on any atom is 0.164 e. The molecule has 3 aromatic heterocycles. The number of rotatable bonds is 4. The van der Waals surface area contributed by atoms with E-state index in [1.54, 1.807) is 0 Å². The van der Waals surface area contributed by atoms with E-state index in [2.05, 4.69) is 102 Å². The van der Waals surface area contributed by atoms with E-state index in [4.69, 9.17) is 19.4 Å². The van der Waals surface area contributed by atoms with E-state index < -0.39 is 0 Å². The van der Waals surface area contributed by atoms with Gasteiger partial charge in [0.05, 0.1) is 22.1 Å². The third-order valence-electron chi connectivity index (χ3n) is 9.24. The molecule has 0 bridgehead atoms. The van der Waals surface area contributed by atoms with Crippen molar-refractivity contribution < 1.29 is 4.42 Å². The van der Waals surface area contributed by atoms with E-state index in [-0.39, 0.29) is 0 Å². The van der Waals surface area contributed by atoms with E-state index >= 15 is 0 Å². The van der Waals surface area contributed by atoms with Gasteiger partial charge in [0.2, 0.25) is 0 Å². The highest BCUT2D eigenvalue weighted by atomic mass is 16.3. The summed E-state index contributed by atoms with van der Waals surface area (Å²) in [5.41, 5.74) is 7.84. The van der Waals surface area contributed by atoms with Gasteiger partial charge in [-0.15, -0.1) is 0 Å². The van der Waals surface area contributed by atoms with Gasteiger partial charge in [-0.05, 0) is 35.7 Å². The molecular formula is C43H26N4O. The smallest absolute Gasteiger partial charge is 0.164 e. The summed E-state index contributed by atoms with van der Waals surface area (Å²) in [6.45, 7) is 0. The summed E-state index contributed by atoms with van der Waals surface area (Å²) in [7, 11) is 0. The van der Waals surface area contributed by atoms with Crippen molar-refractivity contribution in [1.82, 2.24) is 19.5 Å². The van der Waals surface area contributed by atoms with E-state index in [0.717, 1.165) is 66.1 Å². The molecule has 5 heteroatoms. The number of nitrogens with zero attached hydrogens (tertiary/aromatic N) is 4. The first kappa shape index (κ1) is 26.6. The van der Waals surface area contributed by atoms with Gasteiger partial charge in [0.15, 0.2) is 17.5 Å². The molecule has 0 radical (unpaired) electrons. The lowest BCUT2D eigenvalue weighted by Gasteiger charge is -2.12. The standard InChI is InChI=1S/C43H26N4O/c1-3-14-27(15-4-1)41-44-42(28-16-5-2-6-17-28)46-43(45-41)33-26-34-39-37(24-13-25-38(39)48-40(34)32-21-8-7-18-29(32)33)47-35-22-11-9-19-30(35)31-20-10-12-23-36(31)47/h1-26H. The van der Waals surface area contributed by atoms with Crippen LogP contribution in [0.2, 0.25) is 0 Å². The van der Waals surface area contributed by atoms with Crippen molar-refractivity contribution in [1.29, 1.82) is 0 Å². The van der Waals surface area contributed by atoms with Crippen LogP contribution in [-0.2, 0) is 0 Å². The van der Waals surface area contributed by atoms with Gasteiger partial charge in [-0.1, -0.05) is 127 Å². The lowest BCUT2D eigenvalue weighted by atomic mass is 9.99. The summed E-state index contributed by atoms with van der Waals surface area (Å²) in [6.07, 6.45) is 0. The van der Waals surface area contributed by atoms with Gasteiger partial charge in [-0.3, -0.25) is 0 Å². The van der Waals surface area contributed by atoms with Crippen molar-refractivity contribution in [3.8, 4) is 39.9 Å². The number of benzene rings is 7. The Morgan fingerprint density at radius 3 is 1.56 bits per heavy atom. The first-order valence-corrected chi connectivity index (χ1v) is 16.0. The predicted octanol–water partition coefficient (Wildman–Crippen LogP) is 11.0. The zero-order valence-electron chi connectivity index (χ0n) is 25.7. The zero-order chi connectivity index (χ0) is 31.6. The first-order valence-electron chi connectivity index (χ1n) is 16.0. The molecule has 0 saturated carbocycles. The molecule has 0 atom stereocenters. The van der Waals surface area contributed by atoms with Gasteiger partial charge in [0.25, 0.3) is 0 Å². The summed E-state index contributed by atoms with van der Waals surface area (Å²) in [4.78, 5) is 15.2. The van der Waals surface area contributed by atoms with Crippen molar-refractivity contribution in [3.05, 3.63) is 158 Å². The highest BCUT2D eigenvalue weighted by Gasteiger charge is 2.22. The van der Waals surface area contributed by atoms with E-state index in [9.17, 15) is 0 Å². The number of hydrogen-bond acceptors (Lipinski definition) is 4. The molecule has 10 rings (SSSR count). The van der Waals surface area contributed by atoms with Crippen LogP contribution < -0.4 is 0 Å². The molecule has 48 heavy (non-hydrogen) atoms. The van der Waals surface area contributed by atoms with E-state index in [1.807, 2.05) is 60.7 Å². The first-order chi connectivity index (χ1) is 23.8. The van der Waals surface area contributed by atoms with Crippen molar-refractivity contribution in [3.63, 3.8) is 0 Å². The second-order valence-corrected chi connectivity index (χ2v) is 12.0. The Morgan fingerprint density at radius 2 is 0.938 bits per heavy atom. The number of hydrogen-bond donors (Lipinski definition) is 0. The molecular weight excluding hydrogens is 589 g/mol. The lowest BCUT2D eigenvalue weighted by Crippen LogP contribution is -2.00. The molecule has 224 valence electrons. The molecule has 0 spiro atoms. The topological polar surface area (TPSA) is 56.7 Å². The van der Waals surface area contributed by atoms with Crippen molar-refractivity contribution in [2.45, 2.75) is 0 Å². The monoisotopic (exact) mass is 614 g/mol. The van der Waals surface area contributed by atoms with Gasteiger partial charge >= 0.3 is 0 Å². The van der Waals surface area contributed by atoms with Crippen molar-refractivity contribution in [2.24, 2.45) is 0 Å². The molecule has 5 nitrogen and oxygen atoms in total. The van der Waals surface area contributed by atoms with Gasteiger partial charge in [0, 0.05) is 38.2 Å². The Bertz CT molecular complexity index is 2720. The summed E-state index contributed by atoms with van der Waals surface area (Å²) in [6, 6.07) is 54.3. The molecule has 0 aliphatic rings. The van der Waals surface area contributed by atoms with E-state index in [0.29, 0.717) is 17.5 Å². The maximum atomic E-state index is 6.74. The second-order valence-electron chi connectivity index (χ2n) is 12.0. The minimum atomic E-state index is 0.615. The van der Waals surface area contributed by atoms with Gasteiger partial charge in [-0.25, -0.2) is 15.0 Å². The Hall–Kier alpha value is -6.59. The number of fused-ring (bicyclic) bond motifs is 8. The molecule has 0 N–H and O–H groups in total. The molecule has 0 fully saturated rings. The van der Waals surface area contributed by atoms with Gasteiger partial charge < -0.3 is 8.98 Å². The Kier molecular flexibility index (Phi) is 5.81. The predicted molar refractivity (Wildman–Crippen MR) is 195 cm³/mol. The molecule has 7 aromatic carbocycles. The summed E-state index contributed by atoms with van der Waals surface area (Å²) in [5.74, 6) is 1.88. The van der Waals surface area contributed by atoms with Gasteiger partial charge in [-0.2, -0.15) is 0 Å². The fourth-order valence-electron chi connectivity index (χ4n) is 7.11. The minimum absolute atomic E-state index is 0.615. The van der Waals surface area contributed by atoms with Crippen LogP contribution in [0.3, 0.4) is 0 Å². The van der Waals surface area contributed by atoms with Crippen LogP contribution >= 0.6 is 0 Å².